The number of halogens is 14. The Morgan fingerprint density at radius 2 is 0.823 bits per heavy atom. The maximum atomic E-state index is 12.8. The zero-order valence-corrected chi connectivity index (χ0v) is 34.4. The number of carbonyl (C=O) groups is 2. The van der Waals surface area contributed by atoms with Gasteiger partial charge in [-0.1, -0.05) is 75.2 Å². The van der Waals surface area contributed by atoms with Crippen LogP contribution in [0.2, 0.25) is 10.0 Å². The Morgan fingerprint density at radius 1 is 0.532 bits per heavy atom. The second-order valence-electron chi connectivity index (χ2n) is 14.8. The number of alkyl halides is 12. The van der Waals surface area contributed by atoms with E-state index < -0.39 is 84.3 Å². The summed E-state index contributed by atoms with van der Waals surface area (Å²) in [7, 11) is 0. The van der Waals surface area contributed by atoms with Gasteiger partial charge in [-0.15, -0.1) is 0 Å². The van der Waals surface area contributed by atoms with Crippen LogP contribution in [0.5, 0.6) is 11.5 Å². The van der Waals surface area contributed by atoms with E-state index in [-0.39, 0.29) is 68.1 Å². The van der Waals surface area contributed by atoms with Gasteiger partial charge in [0.05, 0.1) is 33.0 Å². The van der Waals surface area contributed by atoms with Gasteiger partial charge in [-0.05, 0) is 95.5 Å². The molecular formula is C42H38Cl2F12O6. The molecule has 2 N–H and O–H groups in total. The van der Waals surface area contributed by atoms with Crippen LogP contribution in [0.1, 0.15) is 74.6 Å². The van der Waals surface area contributed by atoms with Crippen molar-refractivity contribution in [3.05, 3.63) is 105 Å². The highest BCUT2D eigenvalue weighted by Crippen LogP contribution is 2.43. The number of carboxylic acid groups (broad SMARTS) is 2. The van der Waals surface area contributed by atoms with Crippen LogP contribution in [0.3, 0.4) is 0 Å². The molecule has 0 bridgehead atoms. The Balaban J connectivity index is 0.000000330. The van der Waals surface area contributed by atoms with Crippen LogP contribution in [0.15, 0.2) is 72.8 Å². The number of hydrogen-bond acceptors (Lipinski definition) is 4. The number of hydrogen-bond donors (Lipinski definition) is 2. The van der Waals surface area contributed by atoms with Gasteiger partial charge >= 0.3 is 36.6 Å². The lowest BCUT2D eigenvalue weighted by Gasteiger charge is -2.20. The Kier molecular flexibility index (Phi) is 17.1. The maximum absolute atomic E-state index is 12.8. The van der Waals surface area contributed by atoms with E-state index in [9.17, 15) is 72.5 Å². The Morgan fingerprint density at radius 3 is 1.05 bits per heavy atom. The van der Waals surface area contributed by atoms with Crippen molar-refractivity contribution in [3.8, 4) is 33.8 Å². The van der Waals surface area contributed by atoms with Gasteiger partial charge in [0.2, 0.25) is 0 Å². The average Bonchev–Trinajstić information content (AvgIpc) is 3.14. The highest BCUT2D eigenvalue weighted by Gasteiger charge is 2.34. The molecule has 340 valence electrons. The van der Waals surface area contributed by atoms with Crippen molar-refractivity contribution in [2.45, 2.75) is 77.1 Å². The highest BCUT2D eigenvalue weighted by molar-refractivity contribution is 6.35. The molecule has 0 spiro atoms. The van der Waals surface area contributed by atoms with E-state index in [0.717, 1.165) is 60.7 Å². The first-order valence-electron chi connectivity index (χ1n) is 18.2. The molecule has 0 heterocycles. The number of aliphatic carboxylic acids is 2. The average molecular weight is 938 g/mol. The molecule has 0 unspecified atom stereocenters. The molecule has 0 aliphatic rings. The van der Waals surface area contributed by atoms with Crippen molar-refractivity contribution in [3.63, 3.8) is 0 Å². The number of benzene rings is 4. The third kappa shape index (κ3) is 15.2. The molecule has 0 fully saturated rings. The summed E-state index contributed by atoms with van der Waals surface area (Å²) in [6.45, 7) is 3.80. The molecule has 20 heteroatoms. The van der Waals surface area contributed by atoms with E-state index in [1.54, 1.807) is 27.7 Å². The van der Waals surface area contributed by atoms with Crippen molar-refractivity contribution < 1.29 is 82.0 Å². The fourth-order valence-electron chi connectivity index (χ4n) is 5.97. The Labute approximate surface area is 357 Å². The van der Waals surface area contributed by atoms with E-state index in [2.05, 4.69) is 0 Å². The summed E-state index contributed by atoms with van der Waals surface area (Å²) in [6, 6.07) is 12.6. The second kappa shape index (κ2) is 20.6. The van der Waals surface area contributed by atoms with E-state index in [4.69, 9.17) is 32.7 Å². The van der Waals surface area contributed by atoms with E-state index >= 15 is 0 Å². The minimum absolute atomic E-state index is 0.0501. The molecule has 0 aromatic heterocycles. The van der Waals surface area contributed by atoms with Crippen molar-refractivity contribution in [2.24, 2.45) is 11.8 Å². The molecule has 4 aromatic carbocycles. The minimum atomic E-state index is -4.67. The largest absolute Gasteiger partial charge is 0.483 e. The first-order chi connectivity index (χ1) is 28.4. The van der Waals surface area contributed by atoms with Crippen molar-refractivity contribution >= 4 is 35.1 Å². The van der Waals surface area contributed by atoms with E-state index in [0.29, 0.717) is 0 Å². The third-order valence-corrected chi connectivity index (χ3v) is 9.55. The van der Waals surface area contributed by atoms with E-state index in [1.807, 2.05) is 0 Å². The lowest BCUT2D eigenvalue weighted by molar-refractivity contribution is -0.154. The van der Waals surface area contributed by atoms with Crippen LogP contribution in [0.25, 0.3) is 22.3 Å². The summed E-state index contributed by atoms with van der Waals surface area (Å²) in [6.07, 6.45) is -18.1. The summed E-state index contributed by atoms with van der Waals surface area (Å²) in [5.74, 6) is -5.44. The molecule has 4 rings (SSSR count). The standard InChI is InChI=1S/2C21H19ClF6O3/c2*1-11(2)7-16(19(29)30)13-8-15(12-3-5-14(6-4-12)21(26,27)28)18(22)17(9-13)31-10-20(23,24)25/h2*3-6,8-9,11,16H,7,10H2,1-2H3,(H,29,30)/t2*16-/m10/s1. The quantitative estimate of drug-likeness (QED) is 0.122. The van der Waals surface area contributed by atoms with Gasteiger partial charge in [0, 0.05) is 11.1 Å². The smallest absolute Gasteiger partial charge is 0.422 e. The Bertz CT molecular complexity index is 1990. The van der Waals surface area contributed by atoms with Gasteiger partial charge in [0.25, 0.3) is 0 Å². The molecule has 0 saturated carbocycles. The molecule has 6 nitrogen and oxygen atoms in total. The summed E-state index contributed by atoms with van der Waals surface area (Å²) in [5, 5.41) is 18.7. The van der Waals surface area contributed by atoms with Crippen LogP contribution < -0.4 is 9.47 Å². The van der Waals surface area contributed by atoms with Crippen LogP contribution in [0, 0.1) is 11.8 Å². The fraction of sp³-hybridized carbons (Fsp3) is 0.381. The molecule has 62 heavy (non-hydrogen) atoms. The molecular weight excluding hydrogens is 899 g/mol. The SMILES string of the molecule is CC(C)C[C@@H](C(=O)O)c1cc(OCC(F)(F)F)c(Cl)c(-c2ccc(C(F)(F)F)cc2)c1.CC(C)C[C@H](C(=O)O)c1cc(OCC(F)(F)F)c(Cl)c(-c2ccc(C(F)(F)F)cc2)c1. The molecule has 4 aromatic rings. The van der Waals surface area contributed by atoms with Gasteiger partial charge in [0.15, 0.2) is 13.2 Å². The number of rotatable bonds is 14. The van der Waals surface area contributed by atoms with Gasteiger partial charge in [-0.3, -0.25) is 9.59 Å². The summed E-state index contributed by atoms with van der Waals surface area (Å²) >= 11 is 12.4. The maximum Gasteiger partial charge on any atom is 0.422 e. The lowest BCUT2D eigenvalue weighted by atomic mass is 9.88. The van der Waals surface area contributed by atoms with Crippen LogP contribution >= 0.6 is 23.2 Å². The third-order valence-electron chi connectivity index (χ3n) is 8.77. The molecule has 0 aliphatic heterocycles. The number of carboxylic acids is 2. The highest BCUT2D eigenvalue weighted by atomic mass is 35.5. The summed E-state index contributed by atoms with van der Waals surface area (Å²) in [4.78, 5) is 23.5. The van der Waals surface area contributed by atoms with Gasteiger partial charge < -0.3 is 19.7 Å². The normalized spacial score (nSPS) is 13.4. The Hall–Kier alpha value is -4.84. The van der Waals surface area contributed by atoms with Crippen LogP contribution in [0.4, 0.5) is 52.7 Å². The van der Waals surface area contributed by atoms with Crippen molar-refractivity contribution in [1.29, 1.82) is 0 Å². The summed E-state index contributed by atoms with van der Waals surface area (Å²) < 4.78 is 162. The first kappa shape index (κ1) is 51.5. The molecule has 2 atom stereocenters. The zero-order chi connectivity index (χ0) is 47.1. The van der Waals surface area contributed by atoms with Crippen LogP contribution in [-0.2, 0) is 21.9 Å². The van der Waals surface area contributed by atoms with Gasteiger partial charge in [-0.25, -0.2) is 0 Å². The lowest BCUT2D eigenvalue weighted by Crippen LogP contribution is -2.20. The molecule has 0 amide bonds. The van der Waals surface area contributed by atoms with E-state index in [1.165, 1.54) is 12.1 Å². The predicted octanol–water partition coefficient (Wildman–Crippen LogP) is 14.4. The van der Waals surface area contributed by atoms with Gasteiger partial charge in [0.1, 0.15) is 11.5 Å². The van der Waals surface area contributed by atoms with Crippen molar-refractivity contribution in [2.75, 3.05) is 13.2 Å². The molecule has 0 saturated heterocycles. The monoisotopic (exact) mass is 936 g/mol. The topological polar surface area (TPSA) is 93.1 Å². The molecule has 0 aliphatic carbocycles. The first-order valence-corrected chi connectivity index (χ1v) is 19.0. The number of ether oxygens (including phenoxy) is 2. The summed E-state index contributed by atoms with van der Waals surface area (Å²) in [5.41, 5.74) is -1.08. The van der Waals surface area contributed by atoms with Gasteiger partial charge in [-0.2, -0.15) is 52.7 Å². The fourth-order valence-corrected chi connectivity index (χ4v) is 6.51. The van der Waals surface area contributed by atoms with Crippen LogP contribution in [-0.4, -0.2) is 47.7 Å². The minimum Gasteiger partial charge on any atom is -0.483 e. The second-order valence-corrected chi connectivity index (χ2v) is 15.5. The zero-order valence-electron chi connectivity index (χ0n) is 32.9. The molecule has 0 radical (unpaired) electrons. The predicted molar refractivity (Wildman–Crippen MR) is 207 cm³/mol. The van der Waals surface area contributed by atoms with Crippen molar-refractivity contribution in [1.82, 2.24) is 0 Å².